The molecule has 0 bridgehead atoms. The van der Waals surface area contributed by atoms with Crippen LogP contribution in [0.15, 0.2) is 22.3 Å². The Balaban J connectivity index is 1.45. The van der Waals surface area contributed by atoms with Crippen LogP contribution in [0.3, 0.4) is 0 Å². The molecule has 1 aliphatic heterocycles. The highest BCUT2D eigenvalue weighted by atomic mass is 35.5. The number of aryl methyl sites for hydroxylation is 1. The van der Waals surface area contributed by atoms with Gasteiger partial charge in [-0.3, -0.25) is 14.6 Å². The Morgan fingerprint density at radius 3 is 2.45 bits per heavy atom. The van der Waals surface area contributed by atoms with Crippen LogP contribution in [0.25, 0.3) is 0 Å². The molecule has 2 aromatic heterocycles. The quantitative estimate of drug-likeness (QED) is 0.823. The van der Waals surface area contributed by atoms with Crippen molar-refractivity contribution in [3.8, 4) is 0 Å². The second-order valence-corrected chi connectivity index (χ2v) is 8.24. The van der Waals surface area contributed by atoms with Gasteiger partial charge in [0.15, 0.2) is 0 Å². The number of nitrogens with zero attached hydrogens (tertiary/aromatic N) is 3. The first-order valence-electron chi connectivity index (χ1n) is 7.45. The maximum atomic E-state index is 11.7. The maximum absolute atomic E-state index is 11.7. The van der Waals surface area contributed by atoms with Crippen molar-refractivity contribution in [1.82, 2.24) is 14.4 Å². The number of hydrogen-bond donors (Lipinski definition) is 0. The molecular weight excluding hydrogens is 338 g/mol. The topological polar surface area (TPSA) is 28.5 Å². The Kier molecular flexibility index (Phi) is 5.36. The van der Waals surface area contributed by atoms with Crippen molar-refractivity contribution in [2.75, 3.05) is 32.7 Å². The summed E-state index contributed by atoms with van der Waals surface area (Å²) in [7, 11) is 0. The zero-order valence-corrected chi connectivity index (χ0v) is 15.0. The van der Waals surface area contributed by atoms with Crippen LogP contribution in [0.2, 0.25) is 4.34 Å². The lowest BCUT2D eigenvalue weighted by Gasteiger charge is -2.34. The highest BCUT2D eigenvalue weighted by molar-refractivity contribution is 7.16. The van der Waals surface area contributed by atoms with Gasteiger partial charge in [0.05, 0.1) is 4.34 Å². The van der Waals surface area contributed by atoms with Crippen molar-refractivity contribution >= 4 is 34.3 Å². The number of piperazine rings is 1. The third-order valence-electron chi connectivity index (χ3n) is 4.09. The van der Waals surface area contributed by atoms with Crippen LogP contribution in [-0.4, -0.2) is 47.1 Å². The van der Waals surface area contributed by atoms with Crippen LogP contribution in [0.1, 0.15) is 10.6 Å². The Bertz CT molecular complexity index is 670. The van der Waals surface area contributed by atoms with Crippen molar-refractivity contribution < 1.29 is 0 Å². The maximum Gasteiger partial charge on any atom is 0.307 e. The molecular formula is C15H20ClN3OS2. The van der Waals surface area contributed by atoms with Gasteiger partial charge in [0, 0.05) is 61.8 Å². The molecule has 1 saturated heterocycles. The first-order chi connectivity index (χ1) is 10.6. The van der Waals surface area contributed by atoms with E-state index in [0.29, 0.717) is 0 Å². The van der Waals surface area contributed by atoms with E-state index in [-0.39, 0.29) is 4.87 Å². The van der Waals surface area contributed by atoms with Crippen LogP contribution >= 0.6 is 34.3 Å². The third-order valence-corrected chi connectivity index (χ3v) is 6.19. The second-order valence-electron chi connectivity index (χ2n) is 5.62. The molecule has 0 aromatic carbocycles. The predicted octanol–water partition coefficient (Wildman–Crippen LogP) is 2.75. The molecule has 0 N–H and O–H groups in total. The first-order valence-corrected chi connectivity index (χ1v) is 9.53. The van der Waals surface area contributed by atoms with Gasteiger partial charge in [-0.05, 0) is 19.1 Å². The highest BCUT2D eigenvalue weighted by Crippen LogP contribution is 2.23. The van der Waals surface area contributed by atoms with Gasteiger partial charge in [0.2, 0.25) is 0 Å². The SMILES string of the molecule is Cc1csc(=O)n1CCN1CCN(Cc2ccc(Cl)s2)CC1. The Hall–Kier alpha value is -0.660. The van der Waals surface area contributed by atoms with E-state index >= 15 is 0 Å². The van der Waals surface area contributed by atoms with Crippen molar-refractivity contribution in [3.63, 3.8) is 0 Å². The standard InChI is InChI=1S/C15H20ClN3OS2/c1-12-11-21-15(20)19(12)9-8-17-4-6-18(7-5-17)10-13-2-3-14(16)22-13/h2-3,11H,4-10H2,1H3. The van der Waals surface area contributed by atoms with Gasteiger partial charge in [-0.2, -0.15) is 0 Å². The van der Waals surface area contributed by atoms with Crippen molar-refractivity contribution in [1.29, 1.82) is 0 Å². The molecule has 1 aliphatic rings. The monoisotopic (exact) mass is 357 g/mol. The van der Waals surface area contributed by atoms with E-state index in [2.05, 4.69) is 15.9 Å². The summed E-state index contributed by atoms with van der Waals surface area (Å²) in [6.07, 6.45) is 0. The molecule has 0 saturated carbocycles. The lowest BCUT2D eigenvalue weighted by molar-refractivity contribution is 0.124. The molecule has 0 aliphatic carbocycles. The Labute approximate surface area is 143 Å². The normalized spacial score (nSPS) is 17.2. The van der Waals surface area contributed by atoms with Crippen molar-refractivity contribution in [2.45, 2.75) is 20.0 Å². The first kappa shape index (κ1) is 16.2. The zero-order chi connectivity index (χ0) is 15.5. The van der Waals surface area contributed by atoms with Gasteiger partial charge in [-0.15, -0.1) is 11.3 Å². The molecule has 0 unspecified atom stereocenters. The molecule has 4 nitrogen and oxygen atoms in total. The van der Waals surface area contributed by atoms with Gasteiger partial charge in [-0.1, -0.05) is 22.9 Å². The highest BCUT2D eigenvalue weighted by Gasteiger charge is 2.17. The smallest absolute Gasteiger partial charge is 0.302 e. The van der Waals surface area contributed by atoms with E-state index in [4.69, 9.17) is 11.6 Å². The van der Waals surface area contributed by atoms with E-state index in [1.54, 1.807) is 11.3 Å². The van der Waals surface area contributed by atoms with E-state index < -0.39 is 0 Å². The van der Waals surface area contributed by atoms with Crippen LogP contribution in [-0.2, 0) is 13.1 Å². The molecule has 120 valence electrons. The van der Waals surface area contributed by atoms with Gasteiger partial charge in [-0.25, -0.2) is 0 Å². The summed E-state index contributed by atoms with van der Waals surface area (Å²) < 4.78 is 2.75. The fraction of sp³-hybridized carbons (Fsp3) is 0.533. The molecule has 1 fully saturated rings. The Morgan fingerprint density at radius 2 is 1.86 bits per heavy atom. The van der Waals surface area contributed by atoms with E-state index in [1.165, 1.54) is 16.2 Å². The molecule has 0 amide bonds. The number of rotatable bonds is 5. The van der Waals surface area contributed by atoms with Gasteiger partial charge >= 0.3 is 4.87 Å². The van der Waals surface area contributed by atoms with E-state index in [1.807, 2.05) is 22.9 Å². The van der Waals surface area contributed by atoms with Crippen molar-refractivity contribution in [2.24, 2.45) is 0 Å². The predicted molar refractivity (Wildman–Crippen MR) is 94.4 cm³/mol. The number of thiazole rings is 1. The molecule has 22 heavy (non-hydrogen) atoms. The van der Waals surface area contributed by atoms with E-state index in [0.717, 1.165) is 55.8 Å². The van der Waals surface area contributed by atoms with Gasteiger partial charge < -0.3 is 4.57 Å². The summed E-state index contributed by atoms with van der Waals surface area (Å²) in [5.41, 5.74) is 1.07. The number of hydrogen-bond acceptors (Lipinski definition) is 5. The summed E-state index contributed by atoms with van der Waals surface area (Å²) >= 11 is 8.94. The van der Waals surface area contributed by atoms with E-state index in [9.17, 15) is 4.79 Å². The molecule has 3 heterocycles. The fourth-order valence-electron chi connectivity index (χ4n) is 2.74. The summed E-state index contributed by atoms with van der Waals surface area (Å²) in [6.45, 7) is 9.04. The summed E-state index contributed by atoms with van der Waals surface area (Å²) in [4.78, 5) is 18.1. The van der Waals surface area contributed by atoms with Gasteiger partial charge in [0.1, 0.15) is 0 Å². The molecule has 0 atom stereocenters. The van der Waals surface area contributed by atoms with Gasteiger partial charge in [0.25, 0.3) is 0 Å². The number of aromatic nitrogens is 1. The average Bonchev–Trinajstić information content (AvgIpc) is 3.05. The molecule has 0 spiro atoms. The largest absolute Gasteiger partial charge is 0.307 e. The minimum Gasteiger partial charge on any atom is -0.302 e. The molecule has 0 radical (unpaired) electrons. The number of halogens is 1. The van der Waals surface area contributed by atoms with Crippen LogP contribution < -0.4 is 4.87 Å². The van der Waals surface area contributed by atoms with Crippen LogP contribution in [0.5, 0.6) is 0 Å². The molecule has 2 aromatic rings. The summed E-state index contributed by atoms with van der Waals surface area (Å²) in [5, 5.41) is 1.94. The van der Waals surface area contributed by atoms with Crippen LogP contribution in [0, 0.1) is 6.92 Å². The lowest BCUT2D eigenvalue weighted by atomic mass is 10.3. The fourth-order valence-corrected chi connectivity index (χ4v) is 4.64. The third kappa shape index (κ3) is 4.00. The Morgan fingerprint density at radius 1 is 1.14 bits per heavy atom. The lowest BCUT2D eigenvalue weighted by Crippen LogP contribution is -2.46. The zero-order valence-electron chi connectivity index (χ0n) is 12.6. The van der Waals surface area contributed by atoms with Crippen LogP contribution in [0.4, 0.5) is 0 Å². The number of thiophene rings is 1. The molecule has 7 heteroatoms. The summed E-state index contributed by atoms with van der Waals surface area (Å²) in [6, 6.07) is 4.09. The minimum absolute atomic E-state index is 0.158. The minimum atomic E-state index is 0.158. The summed E-state index contributed by atoms with van der Waals surface area (Å²) in [5.74, 6) is 0. The average molecular weight is 358 g/mol. The van der Waals surface area contributed by atoms with Crippen molar-refractivity contribution in [3.05, 3.63) is 42.1 Å². The molecule has 3 rings (SSSR count). The second kappa shape index (κ2) is 7.27.